The fourth-order valence-electron chi connectivity index (χ4n) is 5.15. The van der Waals surface area contributed by atoms with Crippen LogP contribution in [0.2, 0.25) is 0 Å². The second-order valence-corrected chi connectivity index (χ2v) is 8.78. The molecule has 2 aliphatic heterocycles. The number of ether oxygens (including phenoxy) is 2. The topological polar surface area (TPSA) is 79.9 Å². The van der Waals surface area contributed by atoms with Gasteiger partial charge in [-0.25, -0.2) is 0 Å². The first kappa shape index (κ1) is 23.1. The first-order valence-corrected chi connectivity index (χ1v) is 11.8. The van der Waals surface area contributed by atoms with E-state index in [9.17, 15) is 9.59 Å². The Morgan fingerprint density at radius 1 is 0.939 bits per heavy atom. The molecule has 0 bridgehead atoms. The molecule has 0 aromatic heterocycles. The SMILES string of the molecule is COc1cccc(OC)c1C(=O)Nc1cccc(C(=O)NCC2CCCN3CCCCC23)c1. The molecule has 33 heavy (non-hydrogen) atoms. The molecule has 2 fully saturated rings. The van der Waals surface area contributed by atoms with Crippen LogP contribution >= 0.6 is 0 Å². The normalized spacial score (nSPS) is 20.4. The second-order valence-electron chi connectivity index (χ2n) is 8.78. The Morgan fingerprint density at radius 2 is 1.67 bits per heavy atom. The van der Waals surface area contributed by atoms with Crippen molar-refractivity contribution in [1.29, 1.82) is 0 Å². The highest BCUT2D eigenvalue weighted by molar-refractivity contribution is 6.08. The molecule has 0 spiro atoms. The van der Waals surface area contributed by atoms with Gasteiger partial charge in [0.15, 0.2) is 0 Å². The number of hydrogen-bond acceptors (Lipinski definition) is 5. The van der Waals surface area contributed by atoms with Gasteiger partial charge in [0.25, 0.3) is 11.8 Å². The van der Waals surface area contributed by atoms with Crippen molar-refractivity contribution in [2.45, 2.75) is 38.1 Å². The molecule has 2 aromatic rings. The lowest BCUT2D eigenvalue weighted by molar-refractivity contribution is 0.0575. The number of hydrogen-bond donors (Lipinski definition) is 2. The van der Waals surface area contributed by atoms with Gasteiger partial charge in [-0.15, -0.1) is 0 Å². The third-order valence-corrected chi connectivity index (χ3v) is 6.79. The van der Waals surface area contributed by atoms with Gasteiger partial charge in [-0.2, -0.15) is 0 Å². The fourth-order valence-corrected chi connectivity index (χ4v) is 5.15. The highest BCUT2D eigenvalue weighted by Crippen LogP contribution is 2.31. The monoisotopic (exact) mass is 451 g/mol. The summed E-state index contributed by atoms with van der Waals surface area (Å²) in [6.45, 7) is 3.07. The molecule has 2 atom stereocenters. The van der Waals surface area contributed by atoms with Crippen molar-refractivity contribution >= 4 is 17.5 Å². The van der Waals surface area contributed by atoms with Crippen molar-refractivity contribution in [3.8, 4) is 11.5 Å². The summed E-state index contributed by atoms with van der Waals surface area (Å²) in [7, 11) is 3.02. The molecule has 2 amide bonds. The summed E-state index contributed by atoms with van der Waals surface area (Å²) in [5, 5.41) is 5.99. The molecule has 7 heteroatoms. The zero-order valence-electron chi connectivity index (χ0n) is 19.4. The first-order valence-electron chi connectivity index (χ1n) is 11.8. The van der Waals surface area contributed by atoms with Crippen LogP contribution in [0.1, 0.15) is 52.8 Å². The van der Waals surface area contributed by atoms with Crippen LogP contribution in [0.25, 0.3) is 0 Å². The Hall–Kier alpha value is -3.06. The van der Waals surface area contributed by atoms with E-state index in [0.717, 1.165) is 6.42 Å². The van der Waals surface area contributed by atoms with Gasteiger partial charge < -0.3 is 25.0 Å². The number of nitrogens with one attached hydrogen (secondary N) is 2. The van der Waals surface area contributed by atoms with E-state index in [1.807, 2.05) is 0 Å². The van der Waals surface area contributed by atoms with Crippen molar-refractivity contribution in [2.24, 2.45) is 5.92 Å². The van der Waals surface area contributed by atoms with E-state index in [-0.39, 0.29) is 11.8 Å². The van der Waals surface area contributed by atoms with E-state index in [2.05, 4.69) is 15.5 Å². The number of methoxy groups -OCH3 is 2. The average molecular weight is 452 g/mol. The zero-order valence-corrected chi connectivity index (χ0v) is 19.4. The fraction of sp³-hybridized carbons (Fsp3) is 0.462. The number of benzene rings is 2. The molecule has 2 aromatic carbocycles. The lowest BCUT2D eigenvalue weighted by Crippen LogP contribution is -2.51. The van der Waals surface area contributed by atoms with Crippen molar-refractivity contribution in [2.75, 3.05) is 39.2 Å². The summed E-state index contributed by atoms with van der Waals surface area (Å²) in [4.78, 5) is 28.4. The maximum atomic E-state index is 12.9. The Bertz CT molecular complexity index is 969. The van der Waals surface area contributed by atoms with Gasteiger partial charge >= 0.3 is 0 Å². The van der Waals surface area contributed by atoms with E-state index in [1.165, 1.54) is 53.0 Å². The highest BCUT2D eigenvalue weighted by Gasteiger charge is 2.33. The molecule has 2 N–H and O–H groups in total. The number of anilines is 1. The van der Waals surface area contributed by atoms with Gasteiger partial charge in [0.2, 0.25) is 0 Å². The zero-order chi connectivity index (χ0) is 23.2. The summed E-state index contributed by atoms with van der Waals surface area (Å²) in [6.07, 6.45) is 6.16. The van der Waals surface area contributed by atoms with Gasteiger partial charge in [0.05, 0.1) is 14.2 Å². The van der Waals surface area contributed by atoms with Gasteiger partial charge in [-0.05, 0) is 75.0 Å². The molecule has 2 unspecified atom stereocenters. The Morgan fingerprint density at radius 3 is 2.42 bits per heavy atom. The minimum absolute atomic E-state index is 0.117. The average Bonchev–Trinajstić information content (AvgIpc) is 2.86. The number of rotatable bonds is 7. The smallest absolute Gasteiger partial charge is 0.263 e. The molecular weight excluding hydrogens is 418 g/mol. The summed E-state index contributed by atoms with van der Waals surface area (Å²) >= 11 is 0. The molecule has 2 saturated heterocycles. The Labute approximate surface area is 195 Å². The van der Waals surface area contributed by atoms with Crippen LogP contribution in [0.5, 0.6) is 11.5 Å². The molecule has 2 heterocycles. The van der Waals surface area contributed by atoms with Crippen LogP contribution in [0, 0.1) is 5.92 Å². The van der Waals surface area contributed by atoms with Crippen LogP contribution in [-0.2, 0) is 0 Å². The number of piperidine rings is 2. The quantitative estimate of drug-likeness (QED) is 0.666. The largest absolute Gasteiger partial charge is 0.496 e. The van der Waals surface area contributed by atoms with Gasteiger partial charge in [-0.1, -0.05) is 18.6 Å². The van der Waals surface area contributed by atoms with Crippen molar-refractivity contribution in [1.82, 2.24) is 10.2 Å². The lowest BCUT2D eigenvalue weighted by atomic mass is 9.83. The Kier molecular flexibility index (Phi) is 7.50. The predicted molar refractivity (Wildman–Crippen MR) is 128 cm³/mol. The minimum atomic E-state index is -0.360. The number of carbonyl (C=O) groups is 2. The second kappa shape index (κ2) is 10.7. The van der Waals surface area contributed by atoms with E-state index < -0.39 is 0 Å². The lowest BCUT2D eigenvalue weighted by Gasteiger charge is -2.44. The molecule has 0 saturated carbocycles. The number of fused-ring (bicyclic) bond motifs is 1. The summed E-state index contributed by atoms with van der Waals surface area (Å²) < 4.78 is 10.7. The third kappa shape index (κ3) is 5.30. The van der Waals surface area contributed by atoms with Crippen molar-refractivity contribution in [3.63, 3.8) is 0 Å². The maximum absolute atomic E-state index is 12.9. The van der Waals surface area contributed by atoms with Gasteiger partial charge in [0.1, 0.15) is 17.1 Å². The maximum Gasteiger partial charge on any atom is 0.263 e. The van der Waals surface area contributed by atoms with Crippen LogP contribution in [0.3, 0.4) is 0 Å². The number of nitrogens with zero attached hydrogens (tertiary/aromatic N) is 1. The summed E-state index contributed by atoms with van der Waals surface area (Å²) in [5.74, 6) is 0.870. The van der Waals surface area contributed by atoms with Crippen LogP contribution < -0.4 is 20.1 Å². The molecule has 0 aliphatic carbocycles. The molecule has 0 radical (unpaired) electrons. The summed E-state index contributed by atoms with van der Waals surface area (Å²) in [6, 6.07) is 12.8. The van der Waals surface area contributed by atoms with Gasteiger partial charge in [0, 0.05) is 23.8 Å². The first-order chi connectivity index (χ1) is 16.1. The van der Waals surface area contributed by atoms with Crippen molar-refractivity contribution < 1.29 is 19.1 Å². The van der Waals surface area contributed by atoms with Crippen LogP contribution in [-0.4, -0.2) is 56.6 Å². The molecule has 7 nitrogen and oxygen atoms in total. The van der Waals surface area contributed by atoms with Gasteiger partial charge in [-0.3, -0.25) is 9.59 Å². The molecule has 4 rings (SSSR count). The molecular formula is C26H33N3O4. The third-order valence-electron chi connectivity index (χ3n) is 6.79. The number of amides is 2. The molecule has 2 aliphatic rings. The summed E-state index contributed by atoms with van der Waals surface area (Å²) in [5.41, 5.74) is 1.37. The van der Waals surface area contributed by atoms with E-state index in [1.54, 1.807) is 42.5 Å². The van der Waals surface area contributed by atoms with Crippen LogP contribution in [0.4, 0.5) is 5.69 Å². The van der Waals surface area contributed by atoms with E-state index in [0.29, 0.717) is 46.8 Å². The van der Waals surface area contributed by atoms with Crippen LogP contribution in [0.15, 0.2) is 42.5 Å². The van der Waals surface area contributed by atoms with E-state index in [4.69, 9.17) is 9.47 Å². The van der Waals surface area contributed by atoms with Crippen molar-refractivity contribution in [3.05, 3.63) is 53.6 Å². The minimum Gasteiger partial charge on any atom is -0.496 e. The Balaban J connectivity index is 1.41. The van der Waals surface area contributed by atoms with E-state index >= 15 is 0 Å². The number of carbonyl (C=O) groups excluding carboxylic acids is 2. The molecule has 176 valence electrons. The highest BCUT2D eigenvalue weighted by atomic mass is 16.5. The standard InChI is InChI=1S/C26H33N3O4/c1-32-22-12-6-13-23(33-2)24(22)26(31)28-20-10-5-8-18(16-20)25(30)27-17-19-9-7-15-29-14-4-3-11-21(19)29/h5-6,8,10,12-13,16,19,21H,3-4,7,9,11,14-15,17H2,1-2H3,(H,27,30)(H,28,31). The predicted octanol–water partition coefficient (Wildman–Crippen LogP) is 3.95.